The fraction of sp³-hybridized carbons (Fsp3) is 0.600. The fourth-order valence-electron chi connectivity index (χ4n) is 2.60. The van der Waals surface area contributed by atoms with Crippen LogP contribution in [-0.4, -0.2) is 57.4 Å². The molecule has 0 amide bonds. The lowest BCUT2D eigenvalue weighted by Crippen LogP contribution is -2.38. The van der Waals surface area contributed by atoms with Crippen molar-refractivity contribution in [2.45, 2.75) is 26.0 Å². The highest BCUT2D eigenvalue weighted by atomic mass is 32.2. The average Bonchev–Trinajstić information content (AvgIpc) is 2.76. The van der Waals surface area contributed by atoms with Gasteiger partial charge in [-0.3, -0.25) is 0 Å². The third kappa shape index (κ3) is 4.76. The summed E-state index contributed by atoms with van der Waals surface area (Å²) in [5, 5.41) is 0. The maximum absolute atomic E-state index is 12.6. The zero-order valence-corrected chi connectivity index (χ0v) is 15.2. The van der Waals surface area contributed by atoms with Gasteiger partial charge in [-0.15, -0.1) is 0 Å². The van der Waals surface area contributed by atoms with E-state index in [0.717, 1.165) is 11.1 Å². The minimum absolute atomic E-state index is 0.0448. The Labute approximate surface area is 139 Å². The maximum Gasteiger partial charge on any atom is 0.218 e. The number of hydrogen-bond acceptors (Lipinski definition) is 4. The highest BCUT2D eigenvalue weighted by Gasteiger charge is 2.29. The standard InChI is InChI=1S/C15H24N2O4S2/c1-3-22(18,19)16-9-4-10-17(12-11-16)23(20,21)13-15-7-5-14(2)6-8-15/h5-8H,3-4,9-13H2,1-2H3. The molecule has 0 N–H and O–H groups in total. The predicted molar refractivity (Wildman–Crippen MR) is 91.0 cm³/mol. The summed E-state index contributed by atoms with van der Waals surface area (Å²) in [6.07, 6.45) is 0.520. The van der Waals surface area contributed by atoms with Gasteiger partial charge >= 0.3 is 0 Å². The van der Waals surface area contributed by atoms with Crippen LogP contribution in [0.1, 0.15) is 24.5 Å². The van der Waals surface area contributed by atoms with Crippen LogP contribution in [0, 0.1) is 6.92 Å². The first-order valence-electron chi connectivity index (χ1n) is 7.76. The zero-order valence-electron chi connectivity index (χ0n) is 13.6. The lowest BCUT2D eigenvalue weighted by Gasteiger charge is -2.21. The summed E-state index contributed by atoms with van der Waals surface area (Å²) in [5.41, 5.74) is 1.83. The van der Waals surface area contributed by atoms with Gasteiger partial charge in [0.1, 0.15) is 0 Å². The number of hydrogen-bond donors (Lipinski definition) is 0. The molecule has 1 fully saturated rings. The molecule has 1 aromatic carbocycles. The van der Waals surface area contributed by atoms with Crippen molar-refractivity contribution in [2.24, 2.45) is 0 Å². The molecule has 8 heteroatoms. The second-order valence-electron chi connectivity index (χ2n) is 5.79. The average molecular weight is 361 g/mol. The van der Waals surface area contributed by atoms with E-state index in [4.69, 9.17) is 0 Å². The van der Waals surface area contributed by atoms with Gasteiger partial charge in [0.2, 0.25) is 20.0 Å². The Morgan fingerprint density at radius 2 is 1.39 bits per heavy atom. The van der Waals surface area contributed by atoms with Gasteiger partial charge in [0, 0.05) is 26.2 Å². The van der Waals surface area contributed by atoms with Gasteiger partial charge in [-0.1, -0.05) is 29.8 Å². The Bertz CT molecular complexity index is 727. The first-order chi connectivity index (χ1) is 10.7. The van der Waals surface area contributed by atoms with Crippen molar-refractivity contribution in [2.75, 3.05) is 31.9 Å². The highest BCUT2D eigenvalue weighted by molar-refractivity contribution is 7.89. The molecule has 0 aliphatic carbocycles. The lowest BCUT2D eigenvalue weighted by molar-refractivity contribution is 0.404. The van der Waals surface area contributed by atoms with E-state index >= 15 is 0 Å². The second kappa shape index (κ2) is 7.29. The molecule has 2 rings (SSSR count). The summed E-state index contributed by atoms with van der Waals surface area (Å²) in [6.45, 7) is 4.75. The van der Waals surface area contributed by atoms with Crippen LogP contribution >= 0.6 is 0 Å². The van der Waals surface area contributed by atoms with Crippen LogP contribution in [0.3, 0.4) is 0 Å². The molecule has 1 saturated heterocycles. The van der Waals surface area contributed by atoms with Crippen LogP contribution in [-0.2, 0) is 25.8 Å². The number of rotatable bonds is 5. The third-order valence-electron chi connectivity index (χ3n) is 4.04. The molecule has 0 unspecified atom stereocenters. The molecule has 6 nitrogen and oxygen atoms in total. The number of sulfonamides is 2. The molecule has 1 aliphatic rings. The van der Waals surface area contributed by atoms with Crippen molar-refractivity contribution in [1.29, 1.82) is 0 Å². The van der Waals surface area contributed by atoms with Crippen LogP contribution in [0.5, 0.6) is 0 Å². The van der Waals surface area contributed by atoms with E-state index in [2.05, 4.69) is 0 Å². The maximum atomic E-state index is 12.6. The molecule has 0 atom stereocenters. The Morgan fingerprint density at radius 1 is 0.870 bits per heavy atom. The number of nitrogens with zero attached hydrogens (tertiary/aromatic N) is 2. The van der Waals surface area contributed by atoms with Crippen molar-refractivity contribution < 1.29 is 16.8 Å². The minimum atomic E-state index is -3.44. The van der Waals surface area contributed by atoms with Gasteiger partial charge in [-0.2, -0.15) is 0 Å². The van der Waals surface area contributed by atoms with Crippen LogP contribution in [0.25, 0.3) is 0 Å². The Kier molecular flexibility index (Phi) is 5.83. The minimum Gasteiger partial charge on any atom is -0.212 e. The monoisotopic (exact) mass is 360 g/mol. The molecule has 130 valence electrons. The van der Waals surface area contributed by atoms with E-state index in [0.29, 0.717) is 19.5 Å². The summed E-state index contributed by atoms with van der Waals surface area (Å²) < 4.78 is 51.9. The first-order valence-corrected chi connectivity index (χ1v) is 11.0. The van der Waals surface area contributed by atoms with E-state index in [1.807, 2.05) is 31.2 Å². The lowest BCUT2D eigenvalue weighted by atomic mass is 10.2. The zero-order chi connectivity index (χ0) is 17.1. The summed E-state index contributed by atoms with van der Waals surface area (Å²) in [5.74, 6) is -0.00305. The quantitative estimate of drug-likeness (QED) is 0.790. The molecule has 0 spiro atoms. The van der Waals surface area contributed by atoms with E-state index in [-0.39, 0.29) is 24.6 Å². The van der Waals surface area contributed by atoms with Crippen molar-refractivity contribution >= 4 is 20.0 Å². The SMILES string of the molecule is CCS(=O)(=O)N1CCCN(S(=O)(=O)Cc2ccc(C)cc2)CC1. The van der Waals surface area contributed by atoms with Gasteiger partial charge in [-0.05, 0) is 25.8 Å². The van der Waals surface area contributed by atoms with Crippen LogP contribution in [0.2, 0.25) is 0 Å². The van der Waals surface area contributed by atoms with Gasteiger partial charge in [0.15, 0.2) is 0 Å². The molecule has 23 heavy (non-hydrogen) atoms. The Morgan fingerprint density at radius 3 is 1.91 bits per heavy atom. The first kappa shape index (κ1) is 18.4. The van der Waals surface area contributed by atoms with Crippen molar-refractivity contribution in [1.82, 2.24) is 8.61 Å². The van der Waals surface area contributed by atoms with Crippen molar-refractivity contribution in [3.8, 4) is 0 Å². The summed E-state index contributed by atoms with van der Waals surface area (Å²) >= 11 is 0. The smallest absolute Gasteiger partial charge is 0.212 e. The fourth-order valence-corrected chi connectivity index (χ4v) is 5.29. The van der Waals surface area contributed by atoms with Gasteiger partial charge in [0.05, 0.1) is 11.5 Å². The molecule has 1 aromatic rings. The Balaban J connectivity index is 2.07. The molecule has 0 radical (unpaired) electrons. The molecule has 0 saturated carbocycles. The molecule has 0 aromatic heterocycles. The van der Waals surface area contributed by atoms with Crippen molar-refractivity contribution in [3.63, 3.8) is 0 Å². The van der Waals surface area contributed by atoms with E-state index in [1.165, 1.54) is 8.61 Å². The molecular weight excluding hydrogens is 336 g/mol. The third-order valence-corrected chi connectivity index (χ3v) is 7.77. The van der Waals surface area contributed by atoms with Gasteiger partial charge in [-0.25, -0.2) is 25.4 Å². The van der Waals surface area contributed by atoms with Crippen molar-refractivity contribution in [3.05, 3.63) is 35.4 Å². The normalized spacial score (nSPS) is 18.7. The van der Waals surface area contributed by atoms with Crippen LogP contribution in [0.4, 0.5) is 0 Å². The summed E-state index contributed by atoms with van der Waals surface area (Å²) in [6, 6.07) is 7.42. The van der Waals surface area contributed by atoms with E-state index in [9.17, 15) is 16.8 Å². The molecule has 1 heterocycles. The molecule has 0 bridgehead atoms. The molecule has 1 aliphatic heterocycles. The largest absolute Gasteiger partial charge is 0.218 e. The molecular formula is C15H24N2O4S2. The Hall–Kier alpha value is -0.960. The highest BCUT2D eigenvalue weighted by Crippen LogP contribution is 2.16. The number of benzene rings is 1. The number of aryl methyl sites for hydroxylation is 1. The van der Waals surface area contributed by atoms with E-state index < -0.39 is 20.0 Å². The second-order valence-corrected chi connectivity index (χ2v) is 10.0. The van der Waals surface area contributed by atoms with Crippen LogP contribution < -0.4 is 0 Å². The van der Waals surface area contributed by atoms with Gasteiger partial charge in [0.25, 0.3) is 0 Å². The topological polar surface area (TPSA) is 74.8 Å². The van der Waals surface area contributed by atoms with E-state index in [1.54, 1.807) is 6.92 Å². The van der Waals surface area contributed by atoms with Crippen LogP contribution in [0.15, 0.2) is 24.3 Å². The summed E-state index contributed by atoms with van der Waals surface area (Å²) in [4.78, 5) is 0. The summed E-state index contributed by atoms with van der Waals surface area (Å²) in [7, 11) is -6.70. The predicted octanol–water partition coefficient (Wildman–Crippen LogP) is 1.18. The van der Waals surface area contributed by atoms with Gasteiger partial charge < -0.3 is 0 Å².